The molecule has 0 aliphatic heterocycles. The van der Waals surface area contributed by atoms with Crippen LogP contribution >= 0.6 is 23.4 Å². The molecule has 1 nitrogen and oxygen atoms in total. The summed E-state index contributed by atoms with van der Waals surface area (Å²) in [4.78, 5) is 1.15. The third kappa shape index (κ3) is 4.45. The molecule has 3 heteroatoms. The molecule has 0 radical (unpaired) electrons. The van der Waals surface area contributed by atoms with Gasteiger partial charge in [0.2, 0.25) is 0 Å². The maximum absolute atomic E-state index is 9.79. The molecule has 0 saturated heterocycles. The van der Waals surface area contributed by atoms with Gasteiger partial charge in [0.1, 0.15) is 0 Å². The predicted octanol–water partition coefficient (Wildman–Crippen LogP) is 3.84. The molecule has 0 aliphatic carbocycles. The van der Waals surface area contributed by atoms with Crippen molar-refractivity contribution in [1.29, 1.82) is 0 Å². The number of aliphatic hydroxyl groups is 1. The molecule has 1 aromatic carbocycles. The van der Waals surface area contributed by atoms with E-state index in [9.17, 15) is 5.11 Å². The monoisotopic (exact) mass is 244 g/mol. The van der Waals surface area contributed by atoms with Gasteiger partial charge in [0.25, 0.3) is 0 Å². The van der Waals surface area contributed by atoms with Crippen LogP contribution in [0.15, 0.2) is 29.2 Å². The number of hydrogen-bond acceptors (Lipinski definition) is 2. The Morgan fingerprint density at radius 3 is 2.47 bits per heavy atom. The maximum atomic E-state index is 9.79. The molecule has 0 bridgehead atoms. The van der Waals surface area contributed by atoms with Crippen molar-refractivity contribution < 1.29 is 5.11 Å². The van der Waals surface area contributed by atoms with E-state index in [0.717, 1.165) is 22.1 Å². The van der Waals surface area contributed by atoms with Crippen LogP contribution in [-0.2, 0) is 0 Å². The normalized spacial score (nSPS) is 14.9. The Labute approximate surface area is 101 Å². The van der Waals surface area contributed by atoms with E-state index in [-0.39, 0.29) is 6.10 Å². The molecule has 84 valence electrons. The highest BCUT2D eigenvalue weighted by Gasteiger charge is 2.12. The molecule has 0 spiro atoms. The molecule has 1 N–H and O–H groups in total. The lowest BCUT2D eigenvalue weighted by Gasteiger charge is -2.16. The van der Waals surface area contributed by atoms with Gasteiger partial charge in [-0.05, 0) is 30.2 Å². The van der Waals surface area contributed by atoms with Crippen molar-refractivity contribution in [2.45, 2.75) is 31.3 Å². The van der Waals surface area contributed by atoms with Crippen LogP contribution in [-0.4, -0.2) is 17.0 Å². The molecule has 15 heavy (non-hydrogen) atoms. The highest BCUT2D eigenvalue weighted by atomic mass is 35.5. The molecule has 0 heterocycles. The molecular formula is C12H17ClOS. The van der Waals surface area contributed by atoms with Crippen LogP contribution < -0.4 is 0 Å². The topological polar surface area (TPSA) is 20.2 Å². The summed E-state index contributed by atoms with van der Waals surface area (Å²) in [6.07, 6.45) is 0.790. The van der Waals surface area contributed by atoms with Crippen LogP contribution in [0, 0.1) is 5.92 Å². The van der Waals surface area contributed by atoms with E-state index >= 15 is 0 Å². The highest BCUT2D eigenvalue weighted by Crippen LogP contribution is 2.23. The number of rotatable bonds is 5. The summed E-state index contributed by atoms with van der Waals surface area (Å²) in [5.41, 5.74) is 0. The molecule has 1 rings (SSSR count). The first-order chi connectivity index (χ1) is 7.13. The first-order valence-electron chi connectivity index (χ1n) is 5.20. The largest absolute Gasteiger partial charge is 0.392 e. The Kier molecular flexibility index (Phi) is 5.51. The smallest absolute Gasteiger partial charge is 0.0659 e. The van der Waals surface area contributed by atoms with Crippen LogP contribution in [0.4, 0.5) is 0 Å². The summed E-state index contributed by atoms with van der Waals surface area (Å²) in [6.45, 7) is 4.17. The van der Waals surface area contributed by atoms with Crippen molar-refractivity contribution in [2.24, 2.45) is 5.92 Å². The van der Waals surface area contributed by atoms with Gasteiger partial charge in [-0.25, -0.2) is 0 Å². The van der Waals surface area contributed by atoms with Crippen molar-refractivity contribution in [2.75, 3.05) is 5.75 Å². The van der Waals surface area contributed by atoms with Gasteiger partial charge in [0, 0.05) is 15.7 Å². The van der Waals surface area contributed by atoms with Gasteiger partial charge in [-0.15, -0.1) is 11.8 Å². The number of benzene rings is 1. The van der Waals surface area contributed by atoms with Crippen molar-refractivity contribution in [1.82, 2.24) is 0 Å². The number of thioether (sulfide) groups is 1. The summed E-state index contributed by atoms with van der Waals surface area (Å²) >= 11 is 7.46. The second-order valence-electron chi connectivity index (χ2n) is 3.72. The minimum atomic E-state index is -0.226. The lowest BCUT2D eigenvalue weighted by Crippen LogP contribution is -2.19. The van der Waals surface area contributed by atoms with E-state index in [1.165, 1.54) is 0 Å². The Morgan fingerprint density at radius 2 is 1.93 bits per heavy atom. The van der Waals surface area contributed by atoms with Crippen LogP contribution in [0.2, 0.25) is 5.02 Å². The second-order valence-corrected chi connectivity index (χ2v) is 5.25. The van der Waals surface area contributed by atoms with Crippen LogP contribution in [0.1, 0.15) is 20.3 Å². The molecule has 0 aliphatic rings. The maximum Gasteiger partial charge on any atom is 0.0659 e. The average molecular weight is 245 g/mol. The van der Waals surface area contributed by atoms with E-state index < -0.39 is 0 Å². The van der Waals surface area contributed by atoms with Crippen LogP contribution in [0.5, 0.6) is 0 Å². The Bertz CT molecular complexity index is 286. The molecule has 0 fully saturated rings. The molecular weight excluding hydrogens is 228 g/mol. The number of aliphatic hydroxyl groups excluding tert-OH is 1. The fourth-order valence-corrected chi connectivity index (χ4v) is 2.30. The Hall–Kier alpha value is -0.180. The SMILES string of the molecule is CCC(C)C(O)CSc1ccc(Cl)cc1. The van der Waals surface area contributed by atoms with Gasteiger partial charge in [-0.3, -0.25) is 0 Å². The predicted molar refractivity (Wildman–Crippen MR) is 67.6 cm³/mol. The fourth-order valence-electron chi connectivity index (χ4n) is 1.15. The van der Waals surface area contributed by atoms with E-state index in [1.54, 1.807) is 11.8 Å². The first-order valence-corrected chi connectivity index (χ1v) is 6.56. The summed E-state index contributed by atoms with van der Waals surface area (Å²) < 4.78 is 0. The summed E-state index contributed by atoms with van der Waals surface area (Å²) in [7, 11) is 0. The minimum Gasteiger partial charge on any atom is -0.392 e. The van der Waals surface area contributed by atoms with Crippen LogP contribution in [0.3, 0.4) is 0 Å². The van der Waals surface area contributed by atoms with Gasteiger partial charge in [0.15, 0.2) is 0 Å². The lowest BCUT2D eigenvalue weighted by atomic mass is 10.0. The Balaban J connectivity index is 2.40. The molecule has 0 amide bonds. The van der Waals surface area contributed by atoms with Crippen LogP contribution in [0.25, 0.3) is 0 Å². The third-order valence-electron chi connectivity index (χ3n) is 2.54. The zero-order chi connectivity index (χ0) is 11.3. The number of hydrogen-bond donors (Lipinski definition) is 1. The molecule has 2 atom stereocenters. The first kappa shape index (κ1) is 12.9. The highest BCUT2D eigenvalue weighted by molar-refractivity contribution is 7.99. The van der Waals surface area contributed by atoms with Gasteiger partial charge in [-0.1, -0.05) is 31.9 Å². The van der Waals surface area contributed by atoms with Gasteiger partial charge in [0.05, 0.1) is 6.10 Å². The van der Waals surface area contributed by atoms with E-state index in [1.807, 2.05) is 24.3 Å². The van der Waals surface area contributed by atoms with E-state index in [4.69, 9.17) is 11.6 Å². The van der Waals surface area contributed by atoms with Gasteiger partial charge >= 0.3 is 0 Å². The van der Waals surface area contributed by atoms with Gasteiger partial charge in [-0.2, -0.15) is 0 Å². The Morgan fingerprint density at radius 1 is 1.33 bits per heavy atom. The van der Waals surface area contributed by atoms with Crippen molar-refractivity contribution in [3.63, 3.8) is 0 Å². The fraction of sp³-hybridized carbons (Fsp3) is 0.500. The van der Waals surface area contributed by atoms with Gasteiger partial charge < -0.3 is 5.11 Å². The summed E-state index contributed by atoms with van der Waals surface area (Å²) in [5, 5.41) is 10.5. The van der Waals surface area contributed by atoms with Crippen molar-refractivity contribution in [3.05, 3.63) is 29.3 Å². The zero-order valence-corrected chi connectivity index (χ0v) is 10.7. The third-order valence-corrected chi connectivity index (χ3v) is 3.90. The summed E-state index contributed by atoms with van der Waals surface area (Å²) in [6, 6.07) is 7.71. The molecule has 1 aromatic rings. The summed E-state index contributed by atoms with van der Waals surface area (Å²) in [5.74, 6) is 1.11. The average Bonchev–Trinajstić information content (AvgIpc) is 2.26. The lowest BCUT2D eigenvalue weighted by molar-refractivity contribution is 0.137. The minimum absolute atomic E-state index is 0.226. The molecule has 0 saturated carbocycles. The number of halogens is 1. The molecule has 2 unspecified atom stereocenters. The zero-order valence-electron chi connectivity index (χ0n) is 9.11. The molecule has 0 aromatic heterocycles. The van der Waals surface area contributed by atoms with Crippen molar-refractivity contribution in [3.8, 4) is 0 Å². The second kappa shape index (κ2) is 6.41. The quantitative estimate of drug-likeness (QED) is 0.795. The standard InChI is InChI=1S/C12H17ClOS/c1-3-9(2)12(14)8-15-11-6-4-10(13)5-7-11/h4-7,9,12,14H,3,8H2,1-2H3. The van der Waals surface area contributed by atoms with Crippen molar-refractivity contribution >= 4 is 23.4 Å². The van der Waals surface area contributed by atoms with E-state index in [0.29, 0.717) is 5.92 Å². The van der Waals surface area contributed by atoms with E-state index in [2.05, 4.69) is 13.8 Å².